The van der Waals surface area contributed by atoms with Gasteiger partial charge in [-0.2, -0.15) is 0 Å². The van der Waals surface area contributed by atoms with Crippen molar-refractivity contribution in [3.63, 3.8) is 0 Å². The van der Waals surface area contributed by atoms with Crippen LogP contribution in [0.1, 0.15) is 32.1 Å². The van der Waals surface area contributed by atoms with Crippen LogP contribution in [0.3, 0.4) is 0 Å². The summed E-state index contributed by atoms with van der Waals surface area (Å²) in [4.78, 5) is 28.0. The first-order chi connectivity index (χ1) is 9.81. The van der Waals surface area contributed by atoms with Crippen molar-refractivity contribution in [3.05, 3.63) is 53.0 Å². The molecule has 0 radical (unpaired) electrons. The van der Waals surface area contributed by atoms with E-state index in [4.69, 9.17) is 15.3 Å². The van der Waals surface area contributed by atoms with Crippen molar-refractivity contribution >= 4 is 11.9 Å². The number of aromatic nitrogens is 2. The number of carbonyl (C=O) groups is 2. The third-order valence-corrected chi connectivity index (χ3v) is 2.40. The smallest absolute Gasteiger partial charge is 0.341 e. The molecule has 2 aromatic rings. The molecule has 0 bridgehead atoms. The quantitative estimate of drug-likeness (QED) is 0.772. The molecule has 3 N–H and O–H groups in total. The second-order valence-corrected chi connectivity index (χ2v) is 4.12. The van der Waals surface area contributed by atoms with Gasteiger partial charge in [-0.05, 0) is 38.1 Å². The number of aromatic hydroxyl groups is 1. The fourth-order valence-electron chi connectivity index (χ4n) is 1.30. The van der Waals surface area contributed by atoms with E-state index in [1.165, 1.54) is 24.4 Å². The molecular formula is C14H14N2O5. The van der Waals surface area contributed by atoms with E-state index in [2.05, 4.69) is 9.97 Å². The van der Waals surface area contributed by atoms with Gasteiger partial charge in [-0.25, -0.2) is 14.6 Å². The SMILES string of the molecule is Cc1ccc(C(=O)O)c(O)n1.Cc1ccc(C(=O)O)cn1. The number of carboxylic acids is 2. The van der Waals surface area contributed by atoms with Crippen LogP contribution in [0.4, 0.5) is 0 Å². The number of hydrogen-bond acceptors (Lipinski definition) is 5. The van der Waals surface area contributed by atoms with Crippen molar-refractivity contribution in [1.82, 2.24) is 9.97 Å². The van der Waals surface area contributed by atoms with Crippen molar-refractivity contribution in [3.8, 4) is 5.88 Å². The van der Waals surface area contributed by atoms with Gasteiger partial charge < -0.3 is 15.3 Å². The van der Waals surface area contributed by atoms with Crippen LogP contribution in [0.15, 0.2) is 30.5 Å². The van der Waals surface area contributed by atoms with Gasteiger partial charge in [-0.1, -0.05) is 0 Å². The number of rotatable bonds is 2. The average molecular weight is 290 g/mol. The fourth-order valence-corrected chi connectivity index (χ4v) is 1.30. The molecule has 0 saturated heterocycles. The van der Waals surface area contributed by atoms with Gasteiger partial charge in [0.05, 0.1) is 5.56 Å². The lowest BCUT2D eigenvalue weighted by Crippen LogP contribution is -1.98. The number of hydrogen-bond donors (Lipinski definition) is 3. The second-order valence-electron chi connectivity index (χ2n) is 4.12. The van der Waals surface area contributed by atoms with Crippen LogP contribution >= 0.6 is 0 Å². The van der Waals surface area contributed by atoms with Gasteiger partial charge in [0.2, 0.25) is 5.88 Å². The minimum atomic E-state index is -1.17. The average Bonchev–Trinajstić information content (AvgIpc) is 2.39. The van der Waals surface area contributed by atoms with Crippen LogP contribution in [-0.2, 0) is 0 Å². The Bertz CT molecular complexity index is 653. The van der Waals surface area contributed by atoms with Crippen molar-refractivity contribution in [1.29, 1.82) is 0 Å². The molecule has 0 aliphatic heterocycles. The highest BCUT2D eigenvalue weighted by Crippen LogP contribution is 2.13. The molecule has 2 heterocycles. The topological polar surface area (TPSA) is 121 Å². The van der Waals surface area contributed by atoms with Gasteiger partial charge in [0.15, 0.2) is 0 Å². The van der Waals surface area contributed by atoms with E-state index >= 15 is 0 Å². The molecule has 7 heteroatoms. The van der Waals surface area contributed by atoms with Gasteiger partial charge in [-0.3, -0.25) is 4.98 Å². The Labute approximate surface area is 120 Å². The number of pyridine rings is 2. The predicted molar refractivity (Wildman–Crippen MR) is 73.5 cm³/mol. The van der Waals surface area contributed by atoms with Crippen molar-refractivity contribution in [2.24, 2.45) is 0 Å². The van der Waals surface area contributed by atoms with Crippen LogP contribution < -0.4 is 0 Å². The summed E-state index contributed by atoms with van der Waals surface area (Å²) < 4.78 is 0. The van der Waals surface area contributed by atoms with Crippen LogP contribution in [-0.4, -0.2) is 37.2 Å². The van der Waals surface area contributed by atoms with E-state index < -0.39 is 17.8 Å². The van der Waals surface area contributed by atoms with Crippen LogP contribution in [0, 0.1) is 13.8 Å². The first-order valence-electron chi connectivity index (χ1n) is 5.87. The number of nitrogens with zero attached hydrogens (tertiary/aromatic N) is 2. The highest BCUT2D eigenvalue weighted by atomic mass is 16.4. The number of carboxylic acid groups (broad SMARTS) is 2. The zero-order chi connectivity index (χ0) is 16.0. The first-order valence-corrected chi connectivity index (χ1v) is 5.87. The highest BCUT2D eigenvalue weighted by Gasteiger charge is 2.09. The zero-order valence-electron chi connectivity index (χ0n) is 11.4. The van der Waals surface area contributed by atoms with E-state index in [-0.39, 0.29) is 11.1 Å². The number of aromatic carboxylic acids is 2. The highest BCUT2D eigenvalue weighted by molar-refractivity contribution is 5.89. The maximum absolute atomic E-state index is 10.3. The molecule has 0 aliphatic carbocycles. The monoisotopic (exact) mass is 290 g/mol. The van der Waals surface area contributed by atoms with Gasteiger partial charge in [0.1, 0.15) is 5.56 Å². The molecule has 2 aromatic heterocycles. The summed E-state index contributed by atoms with van der Waals surface area (Å²) in [5.74, 6) is -2.54. The van der Waals surface area contributed by atoms with Gasteiger partial charge in [0.25, 0.3) is 0 Å². The molecule has 0 saturated carbocycles. The molecule has 0 aliphatic rings. The zero-order valence-corrected chi connectivity index (χ0v) is 11.4. The number of aryl methyl sites for hydroxylation is 2. The lowest BCUT2D eigenvalue weighted by molar-refractivity contribution is 0.0683. The van der Waals surface area contributed by atoms with E-state index in [0.717, 1.165) is 5.69 Å². The Hall–Kier alpha value is -2.96. The van der Waals surface area contributed by atoms with Crippen LogP contribution in [0.5, 0.6) is 5.88 Å². The molecular weight excluding hydrogens is 276 g/mol. The third-order valence-electron chi connectivity index (χ3n) is 2.40. The maximum Gasteiger partial charge on any atom is 0.341 e. The molecule has 0 atom stereocenters. The molecule has 7 nitrogen and oxygen atoms in total. The molecule has 0 unspecified atom stereocenters. The van der Waals surface area contributed by atoms with Gasteiger partial charge in [-0.15, -0.1) is 0 Å². The van der Waals surface area contributed by atoms with E-state index in [1.807, 2.05) is 6.92 Å². The minimum absolute atomic E-state index is 0.171. The fraction of sp³-hybridized carbons (Fsp3) is 0.143. The first kappa shape index (κ1) is 16.1. The summed E-state index contributed by atoms with van der Waals surface area (Å²) in [5, 5.41) is 25.9. The van der Waals surface area contributed by atoms with Gasteiger partial charge >= 0.3 is 11.9 Å². The van der Waals surface area contributed by atoms with E-state index in [9.17, 15) is 9.59 Å². The van der Waals surface area contributed by atoms with Crippen molar-refractivity contribution in [2.45, 2.75) is 13.8 Å². The van der Waals surface area contributed by atoms with E-state index in [0.29, 0.717) is 5.69 Å². The molecule has 0 aromatic carbocycles. The molecule has 110 valence electrons. The lowest BCUT2D eigenvalue weighted by Gasteiger charge is -1.97. The van der Waals surface area contributed by atoms with Crippen LogP contribution in [0.2, 0.25) is 0 Å². The summed E-state index contributed by atoms with van der Waals surface area (Å²) in [7, 11) is 0. The summed E-state index contributed by atoms with van der Waals surface area (Å²) in [6, 6.07) is 6.05. The Kier molecular flexibility index (Phi) is 5.36. The predicted octanol–water partition coefficient (Wildman–Crippen LogP) is 1.88. The largest absolute Gasteiger partial charge is 0.493 e. The van der Waals surface area contributed by atoms with Crippen molar-refractivity contribution in [2.75, 3.05) is 0 Å². The summed E-state index contributed by atoms with van der Waals surface area (Å²) >= 11 is 0. The maximum atomic E-state index is 10.3. The Morgan fingerprint density at radius 1 is 0.952 bits per heavy atom. The molecule has 0 amide bonds. The second kappa shape index (κ2) is 6.99. The molecule has 0 fully saturated rings. The molecule has 21 heavy (non-hydrogen) atoms. The minimum Gasteiger partial charge on any atom is -0.493 e. The molecule has 2 rings (SSSR count). The summed E-state index contributed by atoms with van der Waals surface area (Å²) in [6.07, 6.45) is 1.34. The Morgan fingerprint density at radius 2 is 1.57 bits per heavy atom. The Morgan fingerprint density at radius 3 is 2.00 bits per heavy atom. The van der Waals surface area contributed by atoms with E-state index in [1.54, 1.807) is 13.0 Å². The molecule has 0 spiro atoms. The Balaban J connectivity index is 0.000000211. The van der Waals surface area contributed by atoms with Crippen LogP contribution in [0.25, 0.3) is 0 Å². The van der Waals surface area contributed by atoms with Crippen molar-refractivity contribution < 1.29 is 24.9 Å². The standard InChI is InChI=1S/C7H7NO3.C7H7NO2/c1-4-2-3-5(7(10)11)6(9)8-4;1-5-2-3-6(4-8-5)7(9)10/h2-3H,1H3,(H,8,9)(H,10,11);2-4H,1H3,(H,9,10). The summed E-state index contributed by atoms with van der Waals surface area (Å²) in [5.41, 5.74) is 1.47. The normalized spacial score (nSPS) is 9.43. The summed E-state index contributed by atoms with van der Waals surface area (Å²) in [6.45, 7) is 3.48. The lowest BCUT2D eigenvalue weighted by atomic mass is 10.2. The van der Waals surface area contributed by atoms with Gasteiger partial charge in [0, 0.05) is 17.6 Å². The third kappa shape index (κ3) is 4.90.